The minimum atomic E-state index is -1.31. The first-order chi connectivity index (χ1) is 7.97. The van der Waals surface area contributed by atoms with Gasteiger partial charge in [0, 0.05) is 5.33 Å². The molecule has 0 saturated carbocycles. The maximum Gasteiger partial charge on any atom is 0.314 e. The molecule has 0 aliphatic heterocycles. The molecule has 17 heavy (non-hydrogen) atoms. The van der Waals surface area contributed by atoms with E-state index in [1.165, 1.54) is 37.4 Å². The fourth-order valence-corrected chi connectivity index (χ4v) is 1.75. The number of carbonyl (C=O) groups is 2. The smallest absolute Gasteiger partial charge is 0.314 e. The molecule has 0 bridgehead atoms. The molecular weight excluding hydrogens is 288 g/mol. The molecule has 2 N–H and O–H groups in total. The second-order valence-electron chi connectivity index (χ2n) is 3.83. The van der Waals surface area contributed by atoms with Crippen LogP contribution in [0.25, 0.3) is 0 Å². The summed E-state index contributed by atoms with van der Waals surface area (Å²) in [6.45, 7) is 4.59. The summed E-state index contributed by atoms with van der Waals surface area (Å²) < 4.78 is 0. The lowest BCUT2D eigenvalue weighted by Gasteiger charge is -2.10. The Hall–Kier alpha value is -0.580. The van der Waals surface area contributed by atoms with E-state index in [1.54, 1.807) is 0 Å². The largest absolute Gasteiger partial charge is 0.481 e. The highest BCUT2D eigenvalue weighted by Crippen LogP contribution is 2.15. The van der Waals surface area contributed by atoms with Crippen LogP contribution in [0.2, 0.25) is 0 Å². The quantitative estimate of drug-likeness (QED) is 0.408. The third-order valence-electron chi connectivity index (χ3n) is 2.45. The van der Waals surface area contributed by atoms with Crippen LogP contribution in [-0.2, 0) is 9.59 Å². The van der Waals surface area contributed by atoms with Gasteiger partial charge in [-0.15, -0.1) is 0 Å². The van der Waals surface area contributed by atoms with Crippen LogP contribution >= 0.6 is 15.9 Å². The Labute approximate surface area is 112 Å². The van der Waals surface area contributed by atoms with E-state index in [0.29, 0.717) is 0 Å². The van der Waals surface area contributed by atoms with Gasteiger partial charge in [-0.1, -0.05) is 55.5 Å². The number of aliphatic carboxylic acids is 2. The first-order valence-corrected chi connectivity index (χ1v) is 7.09. The van der Waals surface area contributed by atoms with Crippen LogP contribution < -0.4 is 0 Å². The van der Waals surface area contributed by atoms with Crippen molar-refractivity contribution in [3.8, 4) is 0 Å². The van der Waals surface area contributed by atoms with E-state index < -0.39 is 18.4 Å². The van der Waals surface area contributed by atoms with Gasteiger partial charge in [-0.2, -0.15) is 0 Å². The van der Waals surface area contributed by atoms with Crippen LogP contribution in [0.15, 0.2) is 0 Å². The molecule has 0 heterocycles. The van der Waals surface area contributed by atoms with Gasteiger partial charge < -0.3 is 10.2 Å². The van der Waals surface area contributed by atoms with Crippen molar-refractivity contribution >= 4 is 27.9 Å². The fourth-order valence-electron chi connectivity index (χ4n) is 1.35. The highest BCUT2D eigenvalue weighted by atomic mass is 79.9. The van der Waals surface area contributed by atoms with Crippen molar-refractivity contribution in [1.29, 1.82) is 0 Å². The van der Waals surface area contributed by atoms with Crippen LogP contribution in [0.4, 0.5) is 0 Å². The predicted molar refractivity (Wildman–Crippen MR) is 71.6 cm³/mol. The minimum absolute atomic E-state index is 0.806. The van der Waals surface area contributed by atoms with E-state index in [-0.39, 0.29) is 0 Å². The van der Waals surface area contributed by atoms with Gasteiger partial charge >= 0.3 is 11.9 Å². The van der Waals surface area contributed by atoms with Gasteiger partial charge in [-0.05, 0) is 12.3 Å². The summed E-state index contributed by atoms with van der Waals surface area (Å²) in [5.41, 5.74) is 0. The first kappa shape index (κ1) is 18.8. The Kier molecular flexibility index (Phi) is 14.9. The molecule has 102 valence electrons. The number of unbranched alkanes of at least 4 members (excludes halogenated alkanes) is 1. The van der Waals surface area contributed by atoms with E-state index >= 15 is 0 Å². The molecule has 0 rings (SSSR count). The lowest BCUT2D eigenvalue weighted by Crippen LogP contribution is -2.03. The van der Waals surface area contributed by atoms with Crippen LogP contribution in [0.1, 0.15) is 52.4 Å². The number of halogens is 1. The van der Waals surface area contributed by atoms with Crippen LogP contribution in [-0.4, -0.2) is 27.5 Å². The number of hydrogen-bond acceptors (Lipinski definition) is 2. The summed E-state index contributed by atoms with van der Waals surface area (Å²) in [6.07, 6.45) is 6.09. The average Bonchev–Trinajstić information content (AvgIpc) is 2.23. The number of alkyl halides is 1. The first-order valence-electron chi connectivity index (χ1n) is 5.97. The normalized spacial score (nSPS) is 9.65. The van der Waals surface area contributed by atoms with Gasteiger partial charge in [0.1, 0.15) is 6.42 Å². The van der Waals surface area contributed by atoms with Gasteiger partial charge in [-0.3, -0.25) is 9.59 Å². The topological polar surface area (TPSA) is 74.6 Å². The molecular formula is C12H23BrO4. The standard InChI is InChI=1S/C9H19Br.C3H4O4/c1-3-9(4-2)7-5-6-8-10;4-2(5)1-3(6)7/h9H,3-8H2,1-2H3;1H2,(H,4,5)(H,6,7). The number of hydrogen-bond donors (Lipinski definition) is 2. The Morgan fingerprint density at radius 2 is 1.53 bits per heavy atom. The molecule has 5 heteroatoms. The summed E-state index contributed by atoms with van der Waals surface area (Å²) in [5, 5.41) is 16.6. The van der Waals surface area contributed by atoms with Gasteiger partial charge in [0.2, 0.25) is 0 Å². The molecule has 0 fully saturated rings. The van der Waals surface area contributed by atoms with E-state index in [4.69, 9.17) is 10.2 Å². The Bertz CT molecular complexity index is 191. The molecule has 0 aromatic heterocycles. The number of carboxylic acids is 2. The molecule has 0 aromatic carbocycles. The Morgan fingerprint density at radius 1 is 1.06 bits per heavy atom. The monoisotopic (exact) mass is 310 g/mol. The van der Waals surface area contributed by atoms with Gasteiger partial charge in [0.25, 0.3) is 0 Å². The second kappa shape index (κ2) is 13.5. The van der Waals surface area contributed by atoms with Crippen molar-refractivity contribution in [2.45, 2.75) is 52.4 Å². The summed E-state index contributed by atoms with van der Waals surface area (Å²) in [6, 6.07) is 0. The lowest BCUT2D eigenvalue weighted by atomic mass is 9.97. The van der Waals surface area contributed by atoms with Crippen LogP contribution in [0.5, 0.6) is 0 Å². The zero-order chi connectivity index (χ0) is 13.7. The van der Waals surface area contributed by atoms with E-state index in [2.05, 4.69) is 29.8 Å². The summed E-state index contributed by atoms with van der Waals surface area (Å²) in [4.78, 5) is 18.9. The van der Waals surface area contributed by atoms with Crippen molar-refractivity contribution in [2.24, 2.45) is 5.92 Å². The Balaban J connectivity index is 0. The highest BCUT2D eigenvalue weighted by Gasteiger charge is 2.02. The SMILES string of the molecule is CCC(CC)CCCCBr.O=C(O)CC(=O)O. The zero-order valence-corrected chi connectivity index (χ0v) is 12.2. The highest BCUT2D eigenvalue weighted by molar-refractivity contribution is 9.09. The molecule has 0 spiro atoms. The van der Waals surface area contributed by atoms with Crippen LogP contribution in [0, 0.1) is 5.92 Å². The molecule has 0 radical (unpaired) electrons. The van der Waals surface area contributed by atoms with Crippen LogP contribution in [0.3, 0.4) is 0 Å². The van der Waals surface area contributed by atoms with Crippen molar-refractivity contribution in [3.05, 3.63) is 0 Å². The van der Waals surface area contributed by atoms with E-state index in [0.717, 1.165) is 5.92 Å². The third-order valence-corrected chi connectivity index (χ3v) is 3.01. The third kappa shape index (κ3) is 18.0. The minimum Gasteiger partial charge on any atom is -0.481 e. The zero-order valence-electron chi connectivity index (χ0n) is 10.6. The van der Waals surface area contributed by atoms with E-state index in [1.807, 2.05) is 0 Å². The lowest BCUT2D eigenvalue weighted by molar-refractivity contribution is -0.147. The molecule has 0 aromatic rings. The number of rotatable bonds is 8. The maximum atomic E-state index is 9.43. The van der Waals surface area contributed by atoms with Gasteiger partial charge in [-0.25, -0.2) is 0 Å². The fraction of sp³-hybridized carbons (Fsp3) is 0.833. The summed E-state index contributed by atoms with van der Waals surface area (Å²) in [7, 11) is 0. The molecule has 0 aliphatic rings. The molecule has 0 aliphatic carbocycles. The van der Waals surface area contributed by atoms with Crippen molar-refractivity contribution in [3.63, 3.8) is 0 Å². The average molecular weight is 311 g/mol. The van der Waals surface area contributed by atoms with Crippen molar-refractivity contribution in [1.82, 2.24) is 0 Å². The Morgan fingerprint density at radius 3 is 1.76 bits per heavy atom. The molecule has 0 saturated heterocycles. The van der Waals surface area contributed by atoms with Gasteiger partial charge in [0.15, 0.2) is 0 Å². The maximum absolute atomic E-state index is 9.43. The molecule has 0 unspecified atom stereocenters. The van der Waals surface area contributed by atoms with Crippen molar-refractivity contribution < 1.29 is 19.8 Å². The molecule has 4 nitrogen and oxygen atoms in total. The van der Waals surface area contributed by atoms with Crippen molar-refractivity contribution in [2.75, 3.05) is 5.33 Å². The summed E-state index contributed by atoms with van der Waals surface area (Å²) >= 11 is 3.44. The summed E-state index contributed by atoms with van der Waals surface area (Å²) in [5.74, 6) is -1.64. The molecule has 0 amide bonds. The predicted octanol–water partition coefficient (Wildman–Crippen LogP) is 3.53. The van der Waals surface area contributed by atoms with E-state index in [9.17, 15) is 9.59 Å². The molecule has 0 atom stereocenters. The second-order valence-corrected chi connectivity index (χ2v) is 4.62. The van der Waals surface area contributed by atoms with Gasteiger partial charge in [0.05, 0.1) is 0 Å². The number of carboxylic acid groups (broad SMARTS) is 2.